The molecule has 1 rings (SSSR count). The number of nitrogens with zero attached hydrogens (tertiary/aromatic N) is 1. The lowest BCUT2D eigenvalue weighted by Gasteiger charge is -2.14. The van der Waals surface area contributed by atoms with Gasteiger partial charge in [-0.1, -0.05) is 39.3 Å². The van der Waals surface area contributed by atoms with Gasteiger partial charge in [0, 0.05) is 20.1 Å². The molecule has 0 radical (unpaired) electrons. The van der Waals surface area contributed by atoms with Gasteiger partial charge in [-0.25, -0.2) is 0 Å². The summed E-state index contributed by atoms with van der Waals surface area (Å²) in [6.07, 6.45) is 2.24. The average Bonchev–Trinajstić information content (AvgIpc) is 2.48. The third-order valence-corrected chi connectivity index (χ3v) is 3.03. The Bertz CT molecular complexity index is 436. The second-order valence-electron chi connectivity index (χ2n) is 5.55. The van der Waals surface area contributed by atoms with Gasteiger partial charge in [0.25, 0.3) is 0 Å². The maximum atomic E-state index is 5.73. The van der Waals surface area contributed by atoms with Gasteiger partial charge in [-0.2, -0.15) is 0 Å². The van der Waals surface area contributed by atoms with E-state index in [9.17, 15) is 0 Å². The molecule has 0 aliphatic rings. The molecule has 0 saturated carbocycles. The molecule has 1 aromatic carbocycles. The van der Waals surface area contributed by atoms with E-state index in [-0.39, 0.29) is 24.0 Å². The molecule has 0 saturated heterocycles. The molecule has 0 amide bonds. The quantitative estimate of drug-likeness (QED) is 0.292. The van der Waals surface area contributed by atoms with E-state index in [1.165, 1.54) is 5.56 Å². The Balaban J connectivity index is 0.00000441. The number of ether oxygens (including phenoxy) is 1. The maximum Gasteiger partial charge on any atom is 0.191 e. The van der Waals surface area contributed by atoms with Crippen LogP contribution < -0.4 is 15.4 Å². The molecule has 22 heavy (non-hydrogen) atoms. The molecule has 0 unspecified atom stereocenters. The fraction of sp³-hybridized carbons (Fsp3) is 0.588. The molecule has 5 heteroatoms. The van der Waals surface area contributed by atoms with Crippen LogP contribution in [0.1, 0.15) is 39.2 Å². The van der Waals surface area contributed by atoms with Gasteiger partial charge in [0.05, 0.1) is 6.61 Å². The second kappa shape index (κ2) is 12.6. The second-order valence-corrected chi connectivity index (χ2v) is 5.55. The van der Waals surface area contributed by atoms with Gasteiger partial charge < -0.3 is 15.4 Å². The minimum Gasteiger partial charge on any atom is -0.494 e. The Morgan fingerprint density at radius 1 is 1.27 bits per heavy atom. The third kappa shape index (κ3) is 9.12. The van der Waals surface area contributed by atoms with Gasteiger partial charge >= 0.3 is 0 Å². The summed E-state index contributed by atoms with van der Waals surface area (Å²) in [7, 11) is 1.79. The summed E-state index contributed by atoms with van der Waals surface area (Å²) in [6.45, 7) is 8.96. The summed E-state index contributed by atoms with van der Waals surface area (Å²) >= 11 is 0. The Labute approximate surface area is 152 Å². The largest absolute Gasteiger partial charge is 0.494 e. The zero-order valence-electron chi connectivity index (χ0n) is 14.2. The lowest BCUT2D eigenvalue weighted by molar-refractivity contribution is 0.309. The molecule has 0 aromatic heterocycles. The number of rotatable bonds is 8. The first-order valence-electron chi connectivity index (χ1n) is 7.82. The highest BCUT2D eigenvalue weighted by Gasteiger charge is 2.01. The average molecular weight is 419 g/mol. The molecule has 126 valence electrons. The first kappa shape index (κ1) is 21.0. The topological polar surface area (TPSA) is 45.6 Å². The molecule has 0 spiro atoms. The van der Waals surface area contributed by atoms with E-state index in [0.717, 1.165) is 44.2 Å². The molecule has 0 bridgehead atoms. The predicted molar refractivity (Wildman–Crippen MR) is 105 cm³/mol. The van der Waals surface area contributed by atoms with Crippen LogP contribution in [0.3, 0.4) is 0 Å². The normalized spacial score (nSPS) is 11.0. The van der Waals surface area contributed by atoms with Crippen molar-refractivity contribution >= 4 is 29.9 Å². The summed E-state index contributed by atoms with van der Waals surface area (Å²) in [5.74, 6) is 2.37. The van der Waals surface area contributed by atoms with Gasteiger partial charge in [0.2, 0.25) is 0 Å². The van der Waals surface area contributed by atoms with Crippen LogP contribution in [0.4, 0.5) is 0 Å². The van der Waals surface area contributed by atoms with Crippen molar-refractivity contribution in [3.63, 3.8) is 0 Å². The van der Waals surface area contributed by atoms with Crippen molar-refractivity contribution in [1.29, 1.82) is 0 Å². The van der Waals surface area contributed by atoms with E-state index < -0.39 is 0 Å². The Morgan fingerprint density at radius 3 is 2.68 bits per heavy atom. The smallest absolute Gasteiger partial charge is 0.191 e. The van der Waals surface area contributed by atoms with E-state index in [1.54, 1.807) is 7.05 Å². The molecule has 0 heterocycles. The van der Waals surface area contributed by atoms with Gasteiger partial charge in [0.15, 0.2) is 5.96 Å². The molecule has 0 atom stereocenters. The Hall–Kier alpha value is -0.980. The van der Waals surface area contributed by atoms with Crippen molar-refractivity contribution < 1.29 is 4.74 Å². The zero-order valence-corrected chi connectivity index (χ0v) is 16.5. The summed E-state index contributed by atoms with van der Waals surface area (Å²) < 4.78 is 5.73. The molecule has 1 aromatic rings. The van der Waals surface area contributed by atoms with Crippen molar-refractivity contribution in [3.05, 3.63) is 29.8 Å². The van der Waals surface area contributed by atoms with Crippen LogP contribution in [0.5, 0.6) is 5.75 Å². The summed E-state index contributed by atoms with van der Waals surface area (Å²) in [4.78, 5) is 4.22. The van der Waals surface area contributed by atoms with Crippen molar-refractivity contribution in [1.82, 2.24) is 10.6 Å². The van der Waals surface area contributed by atoms with E-state index in [1.807, 2.05) is 12.1 Å². The fourth-order valence-corrected chi connectivity index (χ4v) is 1.79. The molecule has 0 fully saturated rings. The highest BCUT2D eigenvalue weighted by Crippen LogP contribution is 2.13. The number of nitrogens with one attached hydrogen (secondary N) is 2. The fourth-order valence-electron chi connectivity index (χ4n) is 1.79. The van der Waals surface area contributed by atoms with Crippen LogP contribution in [0, 0.1) is 5.92 Å². The Kier molecular flexibility index (Phi) is 12.0. The van der Waals surface area contributed by atoms with Crippen LogP contribution in [0.15, 0.2) is 29.3 Å². The predicted octanol–water partition coefficient (Wildman–Crippen LogP) is 3.80. The number of unbranched alkanes of at least 4 members (excludes halogenated alkanes) is 1. The number of hydrogen-bond donors (Lipinski definition) is 2. The van der Waals surface area contributed by atoms with Crippen molar-refractivity contribution in [3.8, 4) is 5.75 Å². The van der Waals surface area contributed by atoms with E-state index in [4.69, 9.17) is 4.74 Å². The molecule has 0 aliphatic heterocycles. The van der Waals surface area contributed by atoms with Crippen molar-refractivity contribution in [2.75, 3.05) is 20.2 Å². The highest BCUT2D eigenvalue weighted by atomic mass is 127. The standard InChI is InChI=1S/C17H29N3O.HI/c1-5-6-10-21-16-9-7-8-15(11-16)13-20-17(18-4)19-12-14(2)3;/h7-9,11,14H,5-6,10,12-13H2,1-4H3,(H2,18,19,20);1H. The number of halogens is 1. The summed E-state index contributed by atoms with van der Waals surface area (Å²) in [5, 5.41) is 6.62. The van der Waals surface area contributed by atoms with Crippen LogP contribution in [0.2, 0.25) is 0 Å². The maximum absolute atomic E-state index is 5.73. The van der Waals surface area contributed by atoms with Crippen molar-refractivity contribution in [2.45, 2.75) is 40.2 Å². The minimum absolute atomic E-state index is 0. The van der Waals surface area contributed by atoms with Gasteiger partial charge in [0.1, 0.15) is 5.75 Å². The number of aliphatic imine (C=N–C) groups is 1. The molecule has 4 nitrogen and oxygen atoms in total. The summed E-state index contributed by atoms with van der Waals surface area (Å²) in [6, 6.07) is 8.21. The van der Waals surface area contributed by atoms with Gasteiger partial charge in [-0.05, 0) is 30.0 Å². The van der Waals surface area contributed by atoms with Crippen LogP contribution in [0.25, 0.3) is 0 Å². The minimum atomic E-state index is 0. The van der Waals surface area contributed by atoms with Crippen LogP contribution in [-0.4, -0.2) is 26.2 Å². The van der Waals surface area contributed by atoms with Crippen molar-refractivity contribution in [2.24, 2.45) is 10.9 Å². The van der Waals surface area contributed by atoms with Crippen LogP contribution in [-0.2, 0) is 6.54 Å². The molecular weight excluding hydrogens is 389 g/mol. The molecule has 2 N–H and O–H groups in total. The monoisotopic (exact) mass is 419 g/mol. The molecular formula is C17H30IN3O. The first-order chi connectivity index (χ1) is 10.2. The lowest BCUT2D eigenvalue weighted by atomic mass is 10.2. The van der Waals surface area contributed by atoms with E-state index >= 15 is 0 Å². The SMILES string of the molecule is CCCCOc1cccc(CNC(=NC)NCC(C)C)c1.I. The van der Waals surface area contributed by atoms with E-state index in [2.05, 4.69) is 48.5 Å². The number of hydrogen-bond acceptors (Lipinski definition) is 2. The highest BCUT2D eigenvalue weighted by molar-refractivity contribution is 14.0. The number of benzene rings is 1. The molecule has 0 aliphatic carbocycles. The Morgan fingerprint density at radius 2 is 2.05 bits per heavy atom. The zero-order chi connectivity index (χ0) is 15.5. The van der Waals surface area contributed by atoms with Gasteiger partial charge in [-0.3, -0.25) is 4.99 Å². The first-order valence-corrected chi connectivity index (χ1v) is 7.82. The third-order valence-electron chi connectivity index (χ3n) is 3.03. The summed E-state index contributed by atoms with van der Waals surface area (Å²) in [5.41, 5.74) is 1.19. The van der Waals surface area contributed by atoms with Crippen LogP contribution >= 0.6 is 24.0 Å². The van der Waals surface area contributed by atoms with E-state index in [0.29, 0.717) is 5.92 Å². The van der Waals surface area contributed by atoms with Gasteiger partial charge in [-0.15, -0.1) is 24.0 Å². The number of guanidine groups is 1. The lowest BCUT2D eigenvalue weighted by Crippen LogP contribution is -2.38.